The Morgan fingerprint density at radius 2 is 1.68 bits per heavy atom. The van der Waals surface area contributed by atoms with Gasteiger partial charge in [-0.25, -0.2) is 24.2 Å². The predicted molar refractivity (Wildman–Crippen MR) is 127 cm³/mol. The van der Waals surface area contributed by atoms with Crippen LogP contribution in [-0.4, -0.2) is 71.3 Å². The SMILES string of the molecule is CC(C)N(CCn1ncc2c(NC(=O)C3CCCC3)ncnc21)C(C)C.O=C(O)C=CC(=O)O. The Hall–Kier alpha value is -3.34. The smallest absolute Gasteiger partial charge is 0.328 e. The average molecular weight is 475 g/mol. The van der Waals surface area contributed by atoms with E-state index in [1.807, 2.05) is 4.68 Å². The van der Waals surface area contributed by atoms with E-state index in [1.165, 1.54) is 6.33 Å². The van der Waals surface area contributed by atoms with Gasteiger partial charge in [0.2, 0.25) is 5.91 Å². The molecule has 1 saturated carbocycles. The molecule has 0 aromatic carbocycles. The molecule has 0 unspecified atom stereocenters. The zero-order valence-corrected chi connectivity index (χ0v) is 20.1. The molecular weight excluding hydrogens is 440 g/mol. The van der Waals surface area contributed by atoms with Gasteiger partial charge in [-0.3, -0.25) is 9.69 Å². The van der Waals surface area contributed by atoms with Crippen LogP contribution in [0.15, 0.2) is 24.7 Å². The molecule has 2 aromatic rings. The van der Waals surface area contributed by atoms with Crippen molar-refractivity contribution in [1.29, 1.82) is 0 Å². The van der Waals surface area contributed by atoms with E-state index in [4.69, 9.17) is 10.2 Å². The Morgan fingerprint density at radius 3 is 2.21 bits per heavy atom. The molecule has 0 radical (unpaired) electrons. The molecule has 1 fully saturated rings. The van der Waals surface area contributed by atoms with Crippen LogP contribution < -0.4 is 5.32 Å². The number of carbonyl (C=O) groups is 3. The molecule has 11 nitrogen and oxygen atoms in total. The summed E-state index contributed by atoms with van der Waals surface area (Å²) in [5.41, 5.74) is 0.772. The normalized spacial score (nSPS) is 14.2. The zero-order chi connectivity index (χ0) is 25.3. The Bertz CT molecular complexity index is 986. The quantitative estimate of drug-likeness (QED) is 0.466. The van der Waals surface area contributed by atoms with Crippen molar-refractivity contribution < 1.29 is 24.6 Å². The molecule has 1 amide bonds. The molecule has 34 heavy (non-hydrogen) atoms. The first-order valence-electron chi connectivity index (χ1n) is 11.5. The van der Waals surface area contributed by atoms with Crippen LogP contribution in [0.5, 0.6) is 0 Å². The lowest BCUT2D eigenvalue weighted by Crippen LogP contribution is -2.39. The van der Waals surface area contributed by atoms with Crippen molar-refractivity contribution in [2.24, 2.45) is 5.92 Å². The summed E-state index contributed by atoms with van der Waals surface area (Å²) in [5.74, 6) is -1.76. The van der Waals surface area contributed by atoms with E-state index < -0.39 is 11.9 Å². The van der Waals surface area contributed by atoms with Gasteiger partial charge in [0.15, 0.2) is 5.65 Å². The highest BCUT2D eigenvalue weighted by Gasteiger charge is 2.24. The standard InChI is InChI=1S/C19H30N6O.C4H4O4/c1-13(2)24(14(3)4)9-10-25-18-16(11-22-25)17(20-12-21-18)23-19(26)15-7-5-6-8-15;5-3(6)1-2-4(7)8/h11-15H,5-10H2,1-4H3,(H,20,21,23,26);1-2H,(H,5,6)(H,7,8). The molecule has 2 heterocycles. The Balaban J connectivity index is 0.000000440. The number of anilines is 1. The van der Waals surface area contributed by atoms with Crippen LogP contribution in [-0.2, 0) is 20.9 Å². The molecular formula is C23H34N6O5. The van der Waals surface area contributed by atoms with E-state index in [-0.39, 0.29) is 11.8 Å². The number of carboxylic acids is 2. The summed E-state index contributed by atoms with van der Waals surface area (Å²) in [4.78, 5) is 42.6. The summed E-state index contributed by atoms with van der Waals surface area (Å²) in [6.07, 6.45) is 8.60. The van der Waals surface area contributed by atoms with E-state index in [0.717, 1.165) is 49.8 Å². The number of aromatic nitrogens is 4. The third-order valence-electron chi connectivity index (χ3n) is 5.67. The predicted octanol–water partition coefficient (Wildman–Crippen LogP) is 2.79. The maximum atomic E-state index is 12.4. The number of nitrogens with one attached hydrogen (secondary N) is 1. The summed E-state index contributed by atoms with van der Waals surface area (Å²) in [7, 11) is 0. The van der Waals surface area contributed by atoms with Crippen LogP contribution >= 0.6 is 0 Å². The largest absolute Gasteiger partial charge is 0.478 e. The van der Waals surface area contributed by atoms with Crippen LogP contribution in [0.25, 0.3) is 11.0 Å². The van der Waals surface area contributed by atoms with Crippen LogP contribution in [0.3, 0.4) is 0 Å². The number of aliphatic carboxylic acids is 2. The molecule has 1 aliphatic carbocycles. The average Bonchev–Trinajstić information content (AvgIpc) is 3.43. The van der Waals surface area contributed by atoms with Gasteiger partial charge in [-0.05, 0) is 40.5 Å². The number of fused-ring (bicyclic) bond motifs is 1. The van der Waals surface area contributed by atoms with Crippen LogP contribution in [0.4, 0.5) is 5.82 Å². The van der Waals surface area contributed by atoms with Gasteiger partial charge in [-0.2, -0.15) is 5.10 Å². The van der Waals surface area contributed by atoms with Gasteiger partial charge in [0.1, 0.15) is 12.1 Å². The van der Waals surface area contributed by atoms with E-state index in [2.05, 4.69) is 53.0 Å². The second kappa shape index (κ2) is 12.8. The number of rotatable bonds is 9. The van der Waals surface area contributed by atoms with Gasteiger partial charge in [-0.1, -0.05) is 12.8 Å². The minimum Gasteiger partial charge on any atom is -0.478 e. The molecule has 3 N–H and O–H groups in total. The Kier molecular flexibility index (Phi) is 10.1. The van der Waals surface area contributed by atoms with Crippen molar-refractivity contribution in [2.45, 2.75) is 72.0 Å². The van der Waals surface area contributed by atoms with Gasteiger partial charge in [0, 0.05) is 36.7 Å². The highest BCUT2D eigenvalue weighted by Crippen LogP contribution is 2.27. The Labute approximate surface area is 198 Å². The van der Waals surface area contributed by atoms with Crippen molar-refractivity contribution >= 4 is 34.7 Å². The first-order chi connectivity index (χ1) is 16.1. The number of carboxylic acid groups (broad SMARTS) is 2. The molecule has 186 valence electrons. The van der Waals surface area contributed by atoms with Crippen LogP contribution in [0.2, 0.25) is 0 Å². The van der Waals surface area contributed by atoms with E-state index in [0.29, 0.717) is 30.1 Å². The van der Waals surface area contributed by atoms with Gasteiger partial charge in [0.25, 0.3) is 0 Å². The van der Waals surface area contributed by atoms with Crippen molar-refractivity contribution in [3.05, 3.63) is 24.7 Å². The highest BCUT2D eigenvalue weighted by atomic mass is 16.4. The van der Waals surface area contributed by atoms with Crippen LogP contribution in [0.1, 0.15) is 53.4 Å². The number of hydrogen-bond acceptors (Lipinski definition) is 7. The van der Waals surface area contributed by atoms with E-state index in [9.17, 15) is 14.4 Å². The number of carbonyl (C=O) groups excluding carboxylic acids is 1. The molecule has 0 atom stereocenters. The van der Waals surface area contributed by atoms with Crippen molar-refractivity contribution in [3.63, 3.8) is 0 Å². The monoisotopic (exact) mass is 474 g/mol. The fraction of sp³-hybridized carbons (Fsp3) is 0.565. The first-order valence-corrected chi connectivity index (χ1v) is 11.5. The van der Waals surface area contributed by atoms with Crippen molar-refractivity contribution in [1.82, 2.24) is 24.6 Å². The molecule has 0 saturated heterocycles. The molecule has 11 heteroatoms. The van der Waals surface area contributed by atoms with Crippen molar-refractivity contribution in [2.75, 3.05) is 11.9 Å². The summed E-state index contributed by atoms with van der Waals surface area (Å²) in [6.45, 7) is 10.5. The lowest BCUT2D eigenvalue weighted by Gasteiger charge is -2.30. The number of amides is 1. The van der Waals surface area contributed by atoms with E-state index >= 15 is 0 Å². The summed E-state index contributed by atoms with van der Waals surface area (Å²) in [6, 6.07) is 0.959. The summed E-state index contributed by atoms with van der Waals surface area (Å²) < 4.78 is 1.90. The molecule has 0 aliphatic heterocycles. The molecule has 3 rings (SSSR count). The lowest BCUT2D eigenvalue weighted by atomic mass is 10.1. The third-order valence-corrected chi connectivity index (χ3v) is 5.67. The summed E-state index contributed by atoms with van der Waals surface area (Å²) in [5, 5.41) is 23.9. The maximum Gasteiger partial charge on any atom is 0.328 e. The Morgan fingerprint density at radius 1 is 1.09 bits per heavy atom. The van der Waals surface area contributed by atoms with Gasteiger partial charge in [-0.15, -0.1) is 0 Å². The van der Waals surface area contributed by atoms with E-state index in [1.54, 1.807) is 6.20 Å². The lowest BCUT2D eigenvalue weighted by molar-refractivity contribution is -0.134. The zero-order valence-electron chi connectivity index (χ0n) is 20.1. The second-order valence-electron chi connectivity index (χ2n) is 8.73. The minimum absolute atomic E-state index is 0.0704. The summed E-state index contributed by atoms with van der Waals surface area (Å²) >= 11 is 0. The van der Waals surface area contributed by atoms with Gasteiger partial charge >= 0.3 is 11.9 Å². The fourth-order valence-corrected chi connectivity index (χ4v) is 4.03. The molecule has 1 aliphatic rings. The topological polar surface area (TPSA) is 151 Å². The molecule has 0 spiro atoms. The first kappa shape index (κ1) is 26.9. The van der Waals surface area contributed by atoms with Crippen LogP contribution in [0, 0.1) is 5.92 Å². The minimum atomic E-state index is -1.26. The fourth-order valence-electron chi connectivity index (χ4n) is 4.03. The molecule has 0 bridgehead atoms. The van der Waals surface area contributed by atoms with Gasteiger partial charge < -0.3 is 15.5 Å². The van der Waals surface area contributed by atoms with Gasteiger partial charge in [0.05, 0.1) is 18.1 Å². The maximum absolute atomic E-state index is 12.4. The molecule has 2 aromatic heterocycles. The number of nitrogens with zero attached hydrogens (tertiary/aromatic N) is 5. The second-order valence-corrected chi connectivity index (χ2v) is 8.73. The number of hydrogen-bond donors (Lipinski definition) is 3. The van der Waals surface area contributed by atoms with Crippen molar-refractivity contribution in [3.8, 4) is 0 Å². The third kappa shape index (κ3) is 7.91. The highest BCUT2D eigenvalue weighted by molar-refractivity contribution is 5.99.